The molecule has 0 unspecified atom stereocenters. The van der Waals surface area contributed by atoms with Gasteiger partial charge < -0.3 is 0 Å². The SMILES string of the molecule is CCCCCCC1(CCCCCC)c2ccccc2-c2ccc(-c3ccc4sc5ccc(-c6ccc7c(c6)C(CCCCCC)(CCCCCC)c6ccccc6-7)cc5c4c3)cc21. The molecule has 1 heterocycles. The molecule has 0 saturated carbocycles. The van der Waals surface area contributed by atoms with Gasteiger partial charge in [0.15, 0.2) is 0 Å². The zero-order chi connectivity index (χ0) is 43.2. The molecule has 0 bridgehead atoms. The highest BCUT2D eigenvalue weighted by Gasteiger charge is 2.43. The van der Waals surface area contributed by atoms with Crippen LogP contribution in [0.25, 0.3) is 64.7 Å². The van der Waals surface area contributed by atoms with Gasteiger partial charge in [0.2, 0.25) is 0 Å². The van der Waals surface area contributed by atoms with Gasteiger partial charge in [-0.25, -0.2) is 0 Å². The number of benzene rings is 6. The second kappa shape index (κ2) is 19.7. The van der Waals surface area contributed by atoms with E-state index in [4.69, 9.17) is 0 Å². The minimum atomic E-state index is 0.0946. The molecule has 2 aliphatic rings. The number of unbranched alkanes of at least 4 members (excludes halogenated alkanes) is 12. The molecule has 2 aliphatic carbocycles. The quantitative estimate of drug-likeness (QED) is 0.0596. The van der Waals surface area contributed by atoms with Crippen molar-refractivity contribution in [3.8, 4) is 44.5 Å². The molecule has 0 saturated heterocycles. The Kier molecular flexibility index (Phi) is 13.7. The Bertz CT molecular complexity index is 2450. The second-order valence-corrected chi connectivity index (χ2v) is 20.6. The lowest BCUT2D eigenvalue weighted by atomic mass is 9.70. The molecule has 6 aromatic carbocycles. The van der Waals surface area contributed by atoms with Gasteiger partial charge in [-0.3, -0.25) is 0 Å². The zero-order valence-electron chi connectivity index (χ0n) is 39.1. The first-order valence-electron chi connectivity index (χ1n) is 25.5. The molecule has 326 valence electrons. The largest absolute Gasteiger partial charge is 0.135 e. The molecule has 9 rings (SSSR count). The van der Waals surface area contributed by atoms with E-state index in [1.807, 2.05) is 11.3 Å². The summed E-state index contributed by atoms with van der Waals surface area (Å²) >= 11 is 1.94. The maximum absolute atomic E-state index is 2.62. The Morgan fingerprint density at radius 3 is 1.03 bits per heavy atom. The molecular formula is C62H72S. The summed E-state index contributed by atoms with van der Waals surface area (Å²) in [4.78, 5) is 0. The molecule has 0 spiro atoms. The summed E-state index contributed by atoms with van der Waals surface area (Å²) in [7, 11) is 0. The summed E-state index contributed by atoms with van der Waals surface area (Å²) in [5.41, 5.74) is 17.8. The normalized spacial score (nSPS) is 14.3. The van der Waals surface area contributed by atoms with E-state index in [0.717, 1.165) is 0 Å². The van der Waals surface area contributed by atoms with Gasteiger partial charge in [0, 0.05) is 31.0 Å². The van der Waals surface area contributed by atoms with Crippen molar-refractivity contribution in [2.24, 2.45) is 0 Å². The van der Waals surface area contributed by atoms with Crippen molar-refractivity contribution in [2.45, 2.75) is 167 Å². The molecule has 1 heteroatoms. The molecule has 0 N–H and O–H groups in total. The zero-order valence-corrected chi connectivity index (χ0v) is 39.9. The van der Waals surface area contributed by atoms with Crippen molar-refractivity contribution in [1.29, 1.82) is 0 Å². The van der Waals surface area contributed by atoms with Crippen LogP contribution in [0.5, 0.6) is 0 Å². The molecule has 0 nitrogen and oxygen atoms in total. The van der Waals surface area contributed by atoms with Crippen LogP contribution in [0.15, 0.2) is 121 Å². The monoisotopic (exact) mass is 849 g/mol. The van der Waals surface area contributed by atoms with Crippen LogP contribution in [0.3, 0.4) is 0 Å². The fourth-order valence-corrected chi connectivity index (χ4v) is 13.2. The van der Waals surface area contributed by atoms with E-state index in [1.54, 1.807) is 22.3 Å². The van der Waals surface area contributed by atoms with Crippen molar-refractivity contribution in [3.05, 3.63) is 144 Å². The predicted octanol–water partition coefficient (Wildman–Crippen LogP) is 19.8. The minimum Gasteiger partial charge on any atom is -0.135 e. The molecule has 7 aromatic rings. The van der Waals surface area contributed by atoms with E-state index in [9.17, 15) is 0 Å². The molecule has 1 aromatic heterocycles. The van der Waals surface area contributed by atoms with Gasteiger partial charge in [-0.1, -0.05) is 215 Å². The Balaban J connectivity index is 1.09. The highest BCUT2D eigenvalue weighted by atomic mass is 32.1. The van der Waals surface area contributed by atoms with E-state index in [-0.39, 0.29) is 10.8 Å². The minimum absolute atomic E-state index is 0.0946. The Labute approximate surface area is 384 Å². The lowest BCUT2D eigenvalue weighted by molar-refractivity contribution is 0.401. The summed E-state index contributed by atoms with van der Waals surface area (Å²) in [5.74, 6) is 0. The van der Waals surface area contributed by atoms with Crippen molar-refractivity contribution >= 4 is 31.5 Å². The Hall–Kier alpha value is -4.46. The van der Waals surface area contributed by atoms with Gasteiger partial charge in [0.05, 0.1) is 0 Å². The number of rotatable bonds is 22. The van der Waals surface area contributed by atoms with Crippen LogP contribution in [-0.4, -0.2) is 0 Å². The van der Waals surface area contributed by atoms with Crippen LogP contribution in [0.1, 0.15) is 178 Å². The average Bonchev–Trinajstić information content (AvgIpc) is 3.93. The number of hydrogen-bond acceptors (Lipinski definition) is 1. The first-order chi connectivity index (χ1) is 31.0. The van der Waals surface area contributed by atoms with Crippen LogP contribution in [0, 0.1) is 0 Å². The van der Waals surface area contributed by atoms with Crippen molar-refractivity contribution < 1.29 is 0 Å². The first-order valence-corrected chi connectivity index (χ1v) is 26.3. The van der Waals surface area contributed by atoms with E-state index in [0.29, 0.717) is 0 Å². The van der Waals surface area contributed by atoms with Crippen LogP contribution in [0.4, 0.5) is 0 Å². The molecule has 0 fully saturated rings. The molecular weight excluding hydrogens is 777 g/mol. The molecule has 0 atom stereocenters. The van der Waals surface area contributed by atoms with Crippen molar-refractivity contribution in [1.82, 2.24) is 0 Å². The third kappa shape index (κ3) is 8.38. The molecule has 0 amide bonds. The number of fused-ring (bicyclic) bond motifs is 9. The second-order valence-electron chi connectivity index (χ2n) is 19.5. The summed E-state index contributed by atoms with van der Waals surface area (Å²) in [6.45, 7) is 9.35. The van der Waals surface area contributed by atoms with Gasteiger partial charge in [0.25, 0.3) is 0 Å². The maximum atomic E-state index is 2.62. The standard InChI is InChI=1S/C62H72S/c1-5-9-13-21-37-61(38-22-14-10-6-2)55-27-19-17-25-49(55)51-33-29-47(43-57(51)61)45-31-35-59-53(41-45)54-42-46(32-36-60(54)63-59)48-30-34-52-50-26-18-20-28-56(50)62(58(52)44-48,39-23-15-11-7-3)40-24-16-12-8-4/h17-20,25-36,41-44H,5-16,21-24,37-40H2,1-4H3. The highest BCUT2D eigenvalue weighted by Crippen LogP contribution is 2.57. The number of thiophene rings is 1. The van der Waals surface area contributed by atoms with E-state index in [1.165, 1.54) is 193 Å². The average molecular weight is 849 g/mol. The molecule has 0 aliphatic heterocycles. The van der Waals surface area contributed by atoms with E-state index < -0.39 is 0 Å². The van der Waals surface area contributed by atoms with Crippen molar-refractivity contribution in [3.63, 3.8) is 0 Å². The molecule has 0 radical (unpaired) electrons. The van der Waals surface area contributed by atoms with Gasteiger partial charge in [0.1, 0.15) is 0 Å². The maximum Gasteiger partial charge on any atom is 0.0355 e. The lowest BCUT2D eigenvalue weighted by Gasteiger charge is -2.33. The summed E-state index contributed by atoms with van der Waals surface area (Å²) < 4.78 is 2.76. The molecule has 63 heavy (non-hydrogen) atoms. The van der Waals surface area contributed by atoms with Gasteiger partial charge in [-0.15, -0.1) is 11.3 Å². The first kappa shape index (κ1) is 43.8. The summed E-state index contributed by atoms with van der Waals surface area (Å²) in [5, 5.41) is 2.77. The lowest BCUT2D eigenvalue weighted by Crippen LogP contribution is -2.25. The van der Waals surface area contributed by atoms with Crippen molar-refractivity contribution in [2.75, 3.05) is 0 Å². The fourth-order valence-electron chi connectivity index (χ4n) is 12.1. The van der Waals surface area contributed by atoms with Gasteiger partial charge >= 0.3 is 0 Å². The topological polar surface area (TPSA) is 0 Å². The number of hydrogen-bond donors (Lipinski definition) is 0. The van der Waals surface area contributed by atoms with Crippen LogP contribution in [0.2, 0.25) is 0 Å². The fraction of sp³-hybridized carbons (Fsp3) is 0.419. The summed E-state index contributed by atoms with van der Waals surface area (Å²) in [6.07, 6.45) is 25.9. The van der Waals surface area contributed by atoms with E-state index >= 15 is 0 Å². The highest BCUT2D eigenvalue weighted by molar-refractivity contribution is 7.25. The Morgan fingerprint density at radius 1 is 0.317 bits per heavy atom. The predicted molar refractivity (Wildman–Crippen MR) is 278 cm³/mol. The van der Waals surface area contributed by atoms with Gasteiger partial charge in [-0.2, -0.15) is 0 Å². The third-order valence-electron chi connectivity index (χ3n) is 15.5. The van der Waals surface area contributed by atoms with Gasteiger partial charge in [-0.05, 0) is 129 Å². The smallest absolute Gasteiger partial charge is 0.0355 e. The summed E-state index contributed by atoms with van der Waals surface area (Å²) in [6, 6.07) is 48.5. The van der Waals surface area contributed by atoms with E-state index in [2.05, 4.69) is 149 Å². The Morgan fingerprint density at radius 2 is 0.651 bits per heavy atom. The van der Waals surface area contributed by atoms with Crippen LogP contribution >= 0.6 is 11.3 Å². The third-order valence-corrected chi connectivity index (χ3v) is 16.7. The van der Waals surface area contributed by atoms with Crippen LogP contribution in [-0.2, 0) is 10.8 Å². The van der Waals surface area contributed by atoms with Crippen LogP contribution < -0.4 is 0 Å².